The van der Waals surface area contributed by atoms with E-state index in [4.69, 9.17) is 10.2 Å². The Balaban J connectivity index is 2.46. The van der Waals surface area contributed by atoms with Gasteiger partial charge in [0.2, 0.25) is 0 Å². The molecular weight excluding hydrogens is 256 g/mol. The third-order valence-electron chi connectivity index (χ3n) is 3.41. The molecule has 0 radical (unpaired) electrons. The van der Waals surface area contributed by atoms with Crippen molar-refractivity contribution in [1.82, 2.24) is 0 Å². The van der Waals surface area contributed by atoms with Gasteiger partial charge in [-0.05, 0) is 37.2 Å². The van der Waals surface area contributed by atoms with Gasteiger partial charge in [0.25, 0.3) is 0 Å². The highest BCUT2D eigenvalue weighted by atomic mass is 16.4. The van der Waals surface area contributed by atoms with Crippen LogP contribution in [0.15, 0.2) is 30.3 Å². The molecule has 0 saturated carbocycles. The van der Waals surface area contributed by atoms with E-state index in [0.717, 1.165) is 19.3 Å². The van der Waals surface area contributed by atoms with E-state index in [-0.39, 0.29) is 12.8 Å². The first kappa shape index (κ1) is 16.2. The molecule has 4 heteroatoms. The third-order valence-corrected chi connectivity index (χ3v) is 3.41. The molecule has 0 fully saturated rings. The summed E-state index contributed by atoms with van der Waals surface area (Å²) in [4.78, 5) is 21.1. The second-order valence-corrected chi connectivity index (χ2v) is 5.03. The van der Waals surface area contributed by atoms with Gasteiger partial charge < -0.3 is 10.2 Å². The Morgan fingerprint density at radius 1 is 0.850 bits per heavy atom. The molecule has 0 saturated heterocycles. The Hall–Kier alpha value is -1.84. The normalized spacial score (nSPS) is 12.0. The monoisotopic (exact) mass is 278 g/mol. The van der Waals surface area contributed by atoms with Crippen LogP contribution in [0, 0.1) is 0 Å². The fourth-order valence-corrected chi connectivity index (χ4v) is 2.37. The van der Waals surface area contributed by atoms with Gasteiger partial charge in [0.1, 0.15) is 0 Å². The summed E-state index contributed by atoms with van der Waals surface area (Å²) in [6.45, 7) is 0. The van der Waals surface area contributed by atoms with Crippen LogP contribution >= 0.6 is 0 Å². The van der Waals surface area contributed by atoms with Crippen molar-refractivity contribution in [1.29, 1.82) is 0 Å². The van der Waals surface area contributed by atoms with E-state index in [1.165, 1.54) is 5.56 Å². The molecule has 1 aromatic carbocycles. The van der Waals surface area contributed by atoms with Crippen molar-refractivity contribution in [3.8, 4) is 0 Å². The van der Waals surface area contributed by atoms with E-state index < -0.39 is 11.9 Å². The van der Waals surface area contributed by atoms with Gasteiger partial charge in [0, 0.05) is 12.8 Å². The second-order valence-electron chi connectivity index (χ2n) is 5.03. The lowest BCUT2D eigenvalue weighted by Crippen LogP contribution is -2.02. The van der Waals surface area contributed by atoms with Crippen LogP contribution in [0.3, 0.4) is 0 Å². The van der Waals surface area contributed by atoms with Crippen LogP contribution in [0.5, 0.6) is 0 Å². The summed E-state index contributed by atoms with van der Waals surface area (Å²) < 4.78 is 0. The largest absolute Gasteiger partial charge is 0.481 e. The van der Waals surface area contributed by atoms with Crippen molar-refractivity contribution in [2.24, 2.45) is 0 Å². The van der Waals surface area contributed by atoms with Crippen LogP contribution in [0.25, 0.3) is 0 Å². The van der Waals surface area contributed by atoms with Crippen molar-refractivity contribution in [2.75, 3.05) is 0 Å². The molecule has 110 valence electrons. The molecule has 1 atom stereocenters. The van der Waals surface area contributed by atoms with Gasteiger partial charge in [-0.15, -0.1) is 0 Å². The predicted molar refractivity (Wildman–Crippen MR) is 76.8 cm³/mol. The fraction of sp³-hybridized carbons (Fsp3) is 0.500. The van der Waals surface area contributed by atoms with Crippen molar-refractivity contribution in [2.45, 2.75) is 50.9 Å². The second kappa shape index (κ2) is 9.13. The van der Waals surface area contributed by atoms with Crippen LogP contribution in [-0.4, -0.2) is 22.2 Å². The summed E-state index contributed by atoms with van der Waals surface area (Å²) in [5.74, 6) is -1.20. The van der Waals surface area contributed by atoms with Crippen LogP contribution in [0.1, 0.15) is 56.4 Å². The number of aliphatic carboxylic acids is 2. The first-order valence-electron chi connectivity index (χ1n) is 7.08. The third kappa shape index (κ3) is 6.92. The molecule has 2 N–H and O–H groups in total. The van der Waals surface area contributed by atoms with Gasteiger partial charge in [-0.25, -0.2) is 0 Å². The van der Waals surface area contributed by atoms with Gasteiger partial charge in [-0.2, -0.15) is 0 Å². The number of carbonyl (C=O) groups is 2. The van der Waals surface area contributed by atoms with Crippen molar-refractivity contribution < 1.29 is 19.8 Å². The van der Waals surface area contributed by atoms with Gasteiger partial charge in [-0.1, -0.05) is 36.8 Å². The average molecular weight is 278 g/mol. The lowest BCUT2D eigenvalue weighted by atomic mass is 9.89. The van der Waals surface area contributed by atoms with Gasteiger partial charge >= 0.3 is 11.9 Å². The molecule has 0 aromatic heterocycles. The molecule has 1 aromatic rings. The number of benzene rings is 1. The number of hydrogen-bond acceptors (Lipinski definition) is 2. The first-order valence-corrected chi connectivity index (χ1v) is 7.08. The molecule has 0 aliphatic rings. The maximum Gasteiger partial charge on any atom is 0.303 e. The Morgan fingerprint density at radius 3 is 2.00 bits per heavy atom. The van der Waals surface area contributed by atoms with E-state index in [1.807, 2.05) is 18.2 Å². The van der Waals surface area contributed by atoms with E-state index in [1.54, 1.807) is 0 Å². The number of carboxylic acids is 2. The SMILES string of the molecule is O=C(O)CCCCC(CCCC(=O)O)c1ccccc1. The van der Waals surface area contributed by atoms with Crippen molar-refractivity contribution in [3.63, 3.8) is 0 Å². The lowest BCUT2D eigenvalue weighted by Gasteiger charge is -2.16. The Kier molecular flexibility index (Phi) is 7.40. The maximum atomic E-state index is 10.6. The van der Waals surface area contributed by atoms with Crippen LogP contribution < -0.4 is 0 Å². The van der Waals surface area contributed by atoms with E-state index in [9.17, 15) is 9.59 Å². The van der Waals surface area contributed by atoms with Crippen molar-refractivity contribution in [3.05, 3.63) is 35.9 Å². The molecule has 1 rings (SSSR count). The zero-order valence-electron chi connectivity index (χ0n) is 11.6. The minimum atomic E-state index is -0.761. The van der Waals surface area contributed by atoms with E-state index in [0.29, 0.717) is 18.8 Å². The molecule has 1 unspecified atom stereocenters. The highest BCUT2D eigenvalue weighted by Gasteiger charge is 2.12. The summed E-state index contributed by atoms with van der Waals surface area (Å²) >= 11 is 0. The summed E-state index contributed by atoms with van der Waals surface area (Å²) in [6.07, 6.45) is 4.35. The molecule has 20 heavy (non-hydrogen) atoms. The Labute approximate surface area is 119 Å². The molecule has 0 spiro atoms. The smallest absolute Gasteiger partial charge is 0.303 e. The molecule has 0 aliphatic carbocycles. The summed E-state index contributed by atoms with van der Waals surface area (Å²) in [5, 5.41) is 17.3. The van der Waals surface area contributed by atoms with E-state index >= 15 is 0 Å². The highest BCUT2D eigenvalue weighted by molar-refractivity contribution is 5.66. The average Bonchev–Trinajstić information content (AvgIpc) is 2.42. The van der Waals surface area contributed by atoms with Crippen LogP contribution in [0.4, 0.5) is 0 Å². The minimum absolute atomic E-state index is 0.193. The zero-order valence-corrected chi connectivity index (χ0v) is 11.6. The minimum Gasteiger partial charge on any atom is -0.481 e. The molecule has 0 aliphatic heterocycles. The summed E-state index contributed by atoms with van der Waals surface area (Å²) in [5.41, 5.74) is 1.22. The Morgan fingerprint density at radius 2 is 1.40 bits per heavy atom. The van der Waals surface area contributed by atoms with Gasteiger partial charge in [0.05, 0.1) is 0 Å². The first-order chi connectivity index (χ1) is 9.59. The summed E-state index contributed by atoms with van der Waals surface area (Å²) in [7, 11) is 0. The topological polar surface area (TPSA) is 74.6 Å². The fourth-order valence-electron chi connectivity index (χ4n) is 2.37. The van der Waals surface area contributed by atoms with Crippen LogP contribution in [-0.2, 0) is 9.59 Å². The number of unbranched alkanes of at least 4 members (excludes halogenated alkanes) is 1. The highest BCUT2D eigenvalue weighted by Crippen LogP contribution is 2.27. The number of hydrogen-bond donors (Lipinski definition) is 2. The van der Waals surface area contributed by atoms with Crippen LogP contribution in [0.2, 0.25) is 0 Å². The van der Waals surface area contributed by atoms with Gasteiger partial charge in [0.15, 0.2) is 0 Å². The Bertz CT molecular complexity index is 414. The molecular formula is C16H22O4. The van der Waals surface area contributed by atoms with Crippen molar-refractivity contribution >= 4 is 11.9 Å². The standard InChI is InChI=1S/C16H22O4/c17-15(18)11-5-4-9-14(10-6-12-16(19)20)13-7-2-1-3-8-13/h1-3,7-8,14H,4-6,9-12H2,(H,17,18)(H,19,20). The number of rotatable bonds is 10. The molecule has 0 amide bonds. The molecule has 0 bridgehead atoms. The lowest BCUT2D eigenvalue weighted by molar-refractivity contribution is -0.138. The predicted octanol–water partition coefficient (Wildman–Crippen LogP) is 3.67. The van der Waals surface area contributed by atoms with E-state index in [2.05, 4.69) is 12.1 Å². The molecule has 0 heterocycles. The zero-order chi connectivity index (χ0) is 14.8. The van der Waals surface area contributed by atoms with Gasteiger partial charge in [-0.3, -0.25) is 9.59 Å². The summed E-state index contributed by atoms with van der Waals surface area (Å²) in [6, 6.07) is 10.0. The molecule has 4 nitrogen and oxygen atoms in total. The number of carboxylic acid groups (broad SMARTS) is 2. The quantitative estimate of drug-likeness (QED) is 0.640. The maximum absolute atomic E-state index is 10.6.